The minimum absolute atomic E-state index is 0.127. The van der Waals surface area contributed by atoms with Crippen LogP contribution in [0, 0.1) is 0 Å². The first kappa shape index (κ1) is 18.6. The molecule has 0 radical (unpaired) electrons. The van der Waals surface area contributed by atoms with Gasteiger partial charge in [-0.25, -0.2) is 13.2 Å². The lowest BCUT2D eigenvalue weighted by Crippen LogP contribution is -2.27. The van der Waals surface area contributed by atoms with Crippen LogP contribution in [-0.2, 0) is 16.6 Å². The molecule has 2 aromatic carbocycles. The summed E-state index contributed by atoms with van der Waals surface area (Å²) in [6, 6.07) is 9.54. The number of sulfonamides is 1. The van der Waals surface area contributed by atoms with Crippen molar-refractivity contribution < 1.29 is 12.8 Å². The maximum atomic E-state index is 12.7. The van der Waals surface area contributed by atoms with Gasteiger partial charge in [0.25, 0.3) is 0 Å². The zero-order valence-corrected chi connectivity index (χ0v) is 16.5. The second-order valence-electron chi connectivity index (χ2n) is 6.43. The van der Waals surface area contributed by atoms with E-state index in [1.165, 1.54) is 21.0 Å². The number of aromatic nitrogens is 1. The lowest BCUT2D eigenvalue weighted by atomic mass is 10.2. The molecule has 0 amide bonds. The molecule has 2 heterocycles. The molecule has 0 saturated carbocycles. The number of benzene rings is 2. The molecule has 6 nitrogen and oxygen atoms in total. The van der Waals surface area contributed by atoms with Gasteiger partial charge >= 0.3 is 5.76 Å². The zero-order valence-electron chi connectivity index (χ0n) is 14.2. The second kappa shape index (κ2) is 6.98. The van der Waals surface area contributed by atoms with Crippen LogP contribution < -0.4 is 5.76 Å². The van der Waals surface area contributed by atoms with Gasteiger partial charge in [0, 0.05) is 29.2 Å². The summed E-state index contributed by atoms with van der Waals surface area (Å²) in [5.41, 5.74) is 1.44. The third-order valence-electron chi connectivity index (χ3n) is 4.69. The van der Waals surface area contributed by atoms with E-state index in [4.69, 9.17) is 27.6 Å². The van der Waals surface area contributed by atoms with E-state index in [0.717, 1.165) is 12.8 Å². The number of fused-ring (bicyclic) bond motifs is 1. The van der Waals surface area contributed by atoms with E-state index < -0.39 is 15.8 Å². The monoisotopic (exact) mass is 426 g/mol. The second-order valence-corrected chi connectivity index (χ2v) is 9.21. The number of nitrogens with zero attached hydrogens (tertiary/aromatic N) is 2. The Labute approximate surface area is 166 Å². The van der Waals surface area contributed by atoms with E-state index in [1.807, 2.05) is 0 Å². The van der Waals surface area contributed by atoms with Crippen LogP contribution in [0.15, 0.2) is 50.5 Å². The third kappa shape index (κ3) is 3.40. The van der Waals surface area contributed by atoms with Crippen LogP contribution in [-0.4, -0.2) is 30.4 Å². The van der Waals surface area contributed by atoms with Crippen LogP contribution in [0.2, 0.25) is 10.0 Å². The highest BCUT2D eigenvalue weighted by Gasteiger charge is 2.28. The molecule has 3 aromatic rings. The summed E-state index contributed by atoms with van der Waals surface area (Å²) in [6.45, 7) is 1.22. The quantitative estimate of drug-likeness (QED) is 0.636. The van der Waals surface area contributed by atoms with Gasteiger partial charge in [0.05, 0.1) is 17.0 Å². The molecule has 0 spiro atoms. The highest BCUT2D eigenvalue weighted by molar-refractivity contribution is 7.89. The average Bonchev–Trinajstić information content (AvgIpc) is 3.26. The first-order valence-electron chi connectivity index (χ1n) is 8.44. The number of rotatable bonds is 4. The minimum Gasteiger partial charge on any atom is -0.408 e. The van der Waals surface area contributed by atoms with Crippen LogP contribution in [0.3, 0.4) is 0 Å². The first-order chi connectivity index (χ1) is 12.9. The fourth-order valence-corrected chi connectivity index (χ4v) is 5.26. The van der Waals surface area contributed by atoms with Crippen molar-refractivity contribution in [3.8, 4) is 0 Å². The number of hydrogen-bond donors (Lipinski definition) is 0. The van der Waals surface area contributed by atoms with E-state index in [2.05, 4.69) is 0 Å². The van der Waals surface area contributed by atoms with Crippen molar-refractivity contribution in [2.24, 2.45) is 0 Å². The molecule has 0 N–H and O–H groups in total. The van der Waals surface area contributed by atoms with Crippen LogP contribution >= 0.6 is 23.2 Å². The van der Waals surface area contributed by atoms with Gasteiger partial charge in [-0.05, 0) is 42.7 Å². The van der Waals surface area contributed by atoms with E-state index in [0.29, 0.717) is 34.2 Å². The highest BCUT2D eigenvalue weighted by atomic mass is 35.5. The predicted octanol–water partition coefficient (Wildman–Crippen LogP) is 3.73. The third-order valence-corrected chi connectivity index (χ3v) is 7.17. The minimum atomic E-state index is -3.58. The maximum Gasteiger partial charge on any atom is 0.420 e. The SMILES string of the molecule is O=c1oc2cc(S(=O)(=O)N3CCCC3)ccc2n1Cc1ccc(Cl)cc1Cl. The van der Waals surface area contributed by atoms with Gasteiger partial charge in [0.2, 0.25) is 10.0 Å². The van der Waals surface area contributed by atoms with E-state index in [1.54, 1.807) is 24.3 Å². The van der Waals surface area contributed by atoms with Crippen LogP contribution in [0.1, 0.15) is 18.4 Å². The fourth-order valence-electron chi connectivity index (χ4n) is 3.25. The predicted molar refractivity (Wildman–Crippen MR) is 104 cm³/mol. The standard InChI is InChI=1S/C18H16Cl2N2O4S/c19-13-4-3-12(15(20)9-13)11-22-16-6-5-14(10-17(16)26-18(22)23)27(24,25)21-7-1-2-8-21/h3-6,9-10H,1-2,7-8,11H2. The van der Waals surface area contributed by atoms with Gasteiger partial charge < -0.3 is 4.42 Å². The van der Waals surface area contributed by atoms with Crippen molar-refractivity contribution in [1.82, 2.24) is 8.87 Å². The Bertz CT molecular complexity index is 1180. The summed E-state index contributed by atoms with van der Waals surface area (Å²) < 4.78 is 33.6. The molecule has 9 heteroatoms. The molecule has 0 unspecified atom stereocenters. The number of hydrogen-bond acceptors (Lipinski definition) is 4. The molecule has 0 atom stereocenters. The van der Waals surface area contributed by atoms with Gasteiger partial charge in [-0.1, -0.05) is 29.3 Å². The molecule has 142 valence electrons. The van der Waals surface area contributed by atoms with Crippen molar-refractivity contribution in [2.75, 3.05) is 13.1 Å². The largest absolute Gasteiger partial charge is 0.420 e. The smallest absolute Gasteiger partial charge is 0.408 e. The Morgan fingerprint density at radius 2 is 1.78 bits per heavy atom. The van der Waals surface area contributed by atoms with Crippen LogP contribution in [0.4, 0.5) is 0 Å². The van der Waals surface area contributed by atoms with Gasteiger partial charge in [-0.15, -0.1) is 0 Å². The molecular formula is C18H16Cl2N2O4S. The van der Waals surface area contributed by atoms with Crippen LogP contribution in [0.25, 0.3) is 11.1 Å². The average molecular weight is 427 g/mol. The molecule has 1 saturated heterocycles. The Hall–Kier alpha value is -1.80. The summed E-state index contributed by atoms with van der Waals surface area (Å²) >= 11 is 12.1. The number of halogens is 2. The molecule has 27 heavy (non-hydrogen) atoms. The van der Waals surface area contributed by atoms with Crippen LogP contribution in [0.5, 0.6) is 0 Å². The fraction of sp³-hybridized carbons (Fsp3) is 0.278. The van der Waals surface area contributed by atoms with Gasteiger partial charge in [-0.3, -0.25) is 4.57 Å². The number of oxazole rings is 1. The first-order valence-corrected chi connectivity index (χ1v) is 10.6. The van der Waals surface area contributed by atoms with Gasteiger partial charge in [-0.2, -0.15) is 4.31 Å². The van der Waals surface area contributed by atoms with E-state index in [-0.39, 0.29) is 17.0 Å². The summed E-state index contributed by atoms with van der Waals surface area (Å²) in [7, 11) is -3.58. The Kier molecular flexibility index (Phi) is 4.80. The lowest BCUT2D eigenvalue weighted by Gasteiger charge is -2.15. The van der Waals surface area contributed by atoms with Gasteiger partial charge in [0.15, 0.2) is 5.58 Å². The molecule has 4 rings (SSSR count). The van der Waals surface area contributed by atoms with Crippen molar-refractivity contribution in [2.45, 2.75) is 24.3 Å². The molecule has 0 bridgehead atoms. The lowest BCUT2D eigenvalue weighted by molar-refractivity contribution is 0.477. The van der Waals surface area contributed by atoms with Crippen molar-refractivity contribution >= 4 is 44.3 Å². The molecule has 1 aliphatic heterocycles. The van der Waals surface area contributed by atoms with Crippen molar-refractivity contribution in [3.63, 3.8) is 0 Å². The molecule has 1 fully saturated rings. The maximum absolute atomic E-state index is 12.7. The molecular weight excluding hydrogens is 411 g/mol. The molecule has 1 aliphatic rings. The summed E-state index contributed by atoms with van der Waals surface area (Å²) in [5.74, 6) is -0.577. The zero-order chi connectivity index (χ0) is 19.2. The Morgan fingerprint density at radius 3 is 2.48 bits per heavy atom. The Balaban J connectivity index is 1.74. The normalized spacial score (nSPS) is 15.6. The molecule has 0 aliphatic carbocycles. The van der Waals surface area contributed by atoms with Crippen molar-refractivity contribution in [1.29, 1.82) is 0 Å². The summed E-state index contributed by atoms with van der Waals surface area (Å²) in [6.07, 6.45) is 1.71. The summed E-state index contributed by atoms with van der Waals surface area (Å²) in [5, 5.41) is 0.946. The van der Waals surface area contributed by atoms with Gasteiger partial charge in [0.1, 0.15) is 0 Å². The molecule has 1 aromatic heterocycles. The highest BCUT2D eigenvalue weighted by Crippen LogP contribution is 2.26. The summed E-state index contributed by atoms with van der Waals surface area (Å²) in [4.78, 5) is 12.4. The van der Waals surface area contributed by atoms with E-state index in [9.17, 15) is 13.2 Å². The van der Waals surface area contributed by atoms with Crippen molar-refractivity contribution in [3.05, 3.63) is 62.6 Å². The topological polar surface area (TPSA) is 72.5 Å². The Morgan fingerprint density at radius 1 is 1.04 bits per heavy atom. The van der Waals surface area contributed by atoms with E-state index >= 15 is 0 Å².